The quantitative estimate of drug-likeness (QED) is 0.147. The molecule has 4 heterocycles. The number of aromatic nitrogens is 1. The van der Waals surface area contributed by atoms with Crippen LogP contribution in [0.1, 0.15) is 52.9 Å². The number of rotatable bonds is 0. The summed E-state index contributed by atoms with van der Waals surface area (Å²) in [7, 11) is 0. The highest BCUT2D eigenvalue weighted by atomic mass is 15.2. The predicted molar refractivity (Wildman–Crippen MR) is 216 cm³/mol. The van der Waals surface area contributed by atoms with Gasteiger partial charge in [0.25, 0.3) is 0 Å². The lowest BCUT2D eigenvalue weighted by atomic mass is 9.43. The van der Waals surface area contributed by atoms with Crippen molar-refractivity contribution in [3.05, 3.63) is 185 Å². The Kier molecular flexibility index (Phi) is 4.71. The van der Waals surface area contributed by atoms with Crippen LogP contribution in [0.15, 0.2) is 146 Å². The van der Waals surface area contributed by atoms with Gasteiger partial charge < -0.3 is 9.38 Å². The minimum atomic E-state index is -0.439. The number of anilines is 3. The summed E-state index contributed by atoms with van der Waals surface area (Å²) in [5.41, 5.74) is 25.3. The predicted octanol–water partition coefficient (Wildman–Crippen LogP) is 10.4. The zero-order chi connectivity index (χ0) is 34.2. The molecule has 2 nitrogen and oxygen atoms in total. The number of fused-ring (bicyclic) bond motifs is 18. The van der Waals surface area contributed by atoms with E-state index in [9.17, 15) is 0 Å². The Labute approximate surface area is 303 Å². The van der Waals surface area contributed by atoms with E-state index >= 15 is 0 Å². The first-order chi connectivity index (χ1) is 25.5. The minimum Gasteiger partial charge on any atom is -0.378 e. The maximum Gasteiger partial charge on any atom is 0.332 e. The van der Waals surface area contributed by atoms with E-state index in [0.717, 1.165) is 0 Å². The van der Waals surface area contributed by atoms with Gasteiger partial charge in [-0.05, 0) is 85.6 Å². The molecule has 8 aromatic rings. The Morgan fingerprint density at radius 1 is 0.519 bits per heavy atom. The van der Waals surface area contributed by atoms with Crippen LogP contribution in [-0.2, 0) is 10.8 Å². The van der Waals surface area contributed by atoms with Crippen LogP contribution in [0.4, 0.5) is 17.1 Å². The van der Waals surface area contributed by atoms with Gasteiger partial charge in [-0.15, -0.1) is 0 Å². The van der Waals surface area contributed by atoms with Crippen LogP contribution in [0, 0.1) is 6.92 Å². The van der Waals surface area contributed by atoms with Crippen molar-refractivity contribution < 1.29 is 0 Å². The van der Waals surface area contributed by atoms with Crippen molar-refractivity contribution in [1.82, 2.24) is 4.48 Å². The molecule has 0 fully saturated rings. The van der Waals surface area contributed by atoms with Gasteiger partial charge in [-0.2, -0.15) is 0 Å². The van der Waals surface area contributed by atoms with E-state index in [2.05, 4.69) is 176 Å². The largest absolute Gasteiger partial charge is 0.378 e. The van der Waals surface area contributed by atoms with E-state index in [1.807, 2.05) is 0 Å². The van der Waals surface area contributed by atoms with Crippen LogP contribution in [0.5, 0.6) is 0 Å². The fraction of sp³-hybridized carbons (Fsp3) is 0.102. The van der Waals surface area contributed by atoms with E-state index in [0.29, 0.717) is 0 Å². The molecule has 3 aliphatic heterocycles. The molecule has 2 aliphatic carbocycles. The van der Waals surface area contributed by atoms with Gasteiger partial charge in [0, 0.05) is 44.5 Å². The molecule has 0 saturated carbocycles. The van der Waals surface area contributed by atoms with Crippen molar-refractivity contribution in [1.29, 1.82) is 0 Å². The van der Waals surface area contributed by atoms with E-state index in [1.54, 1.807) is 0 Å². The highest BCUT2D eigenvalue weighted by Crippen LogP contribution is 2.64. The summed E-state index contributed by atoms with van der Waals surface area (Å²) in [5.74, 6) is 0. The van der Waals surface area contributed by atoms with Crippen LogP contribution in [-0.4, -0.2) is 11.3 Å². The molecule has 0 amide bonds. The summed E-state index contributed by atoms with van der Waals surface area (Å²) in [6, 6.07) is 55.9. The lowest BCUT2D eigenvalue weighted by Gasteiger charge is -2.50. The van der Waals surface area contributed by atoms with Crippen molar-refractivity contribution in [2.45, 2.75) is 31.6 Å². The van der Waals surface area contributed by atoms with E-state index in [-0.39, 0.29) is 12.3 Å². The zero-order valence-electron chi connectivity index (χ0n) is 29.3. The molecule has 7 aromatic carbocycles. The van der Waals surface area contributed by atoms with Gasteiger partial charge in [0.1, 0.15) is 0 Å². The topological polar surface area (TPSA) is 8.17 Å². The summed E-state index contributed by atoms with van der Waals surface area (Å²) >= 11 is 0. The first-order valence-electron chi connectivity index (χ1n) is 18.7. The maximum absolute atomic E-state index is 2.79. The van der Waals surface area contributed by atoms with Gasteiger partial charge in [0.15, 0.2) is 0 Å². The Balaban J connectivity index is 1.23. The molecule has 0 unspecified atom stereocenters. The van der Waals surface area contributed by atoms with Crippen molar-refractivity contribution in [2.75, 3.05) is 4.90 Å². The van der Waals surface area contributed by atoms with Gasteiger partial charge in [-0.3, -0.25) is 0 Å². The summed E-state index contributed by atoms with van der Waals surface area (Å²) in [5, 5.41) is 1.37. The standard InChI is InChI=1S/C49H33BN2/c1-28-26-34-31-17-12-18-33-43-32-16-6-7-19-35(32)48(2,3)47(43)52(45(31)33)50-40-24-13-23-39-46(40)51(42(27-28)44(34)50)41-25-11-10-22-38(41)49(39)36-20-8-4-14-29(36)30-15-5-9-21-37(30)49/h4-27H,1-3H3. The van der Waals surface area contributed by atoms with Gasteiger partial charge >= 0.3 is 6.85 Å². The average Bonchev–Trinajstić information content (AvgIpc) is 3.76. The normalized spacial score (nSPS) is 16.2. The molecule has 0 N–H and O–H groups in total. The van der Waals surface area contributed by atoms with Crippen LogP contribution >= 0.6 is 0 Å². The number of benzene rings is 7. The zero-order valence-corrected chi connectivity index (χ0v) is 29.3. The number of nitrogens with zero attached hydrogens (tertiary/aromatic N) is 2. The first-order valence-corrected chi connectivity index (χ1v) is 18.7. The highest BCUT2D eigenvalue weighted by molar-refractivity contribution is 6.89. The third-order valence-electron chi connectivity index (χ3n) is 13.3. The van der Waals surface area contributed by atoms with E-state index in [4.69, 9.17) is 0 Å². The van der Waals surface area contributed by atoms with Gasteiger partial charge in [-0.1, -0.05) is 147 Å². The monoisotopic (exact) mass is 660 g/mol. The lowest BCUT2D eigenvalue weighted by molar-refractivity contribution is 0.632. The number of aryl methyl sites for hydroxylation is 1. The lowest BCUT2D eigenvalue weighted by Crippen LogP contribution is -2.59. The van der Waals surface area contributed by atoms with Crippen LogP contribution < -0.4 is 15.8 Å². The highest BCUT2D eigenvalue weighted by Gasteiger charge is 2.56. The van der Waals surface area contributed by atoms with Gasteiger partial charge in [0.2, 0.25) is 0 Å². The molecule has 13 rings (SSSR count). The molecule has 52 heavy (non-hydrogen) atoms. The Hall–Kier alpha value is -6.06. The molecule has 0 atom stereocenters. The molecule has 1 spiro atoms. The molecule has 3 heteroatoms. The minimum absolute atomic E-state index is 0.0285. The smallest absolute Gasteiger partial charge is 0.332 e. The van der Waals surface area contributed by atoms with Crippen LogP contribution in [0.25, 0.3) is 44.3 Å². The number of para-hydroxylation sites is 3. The average molecular weight is 661 g/mol. The molecular weight excluding hydrogens is 627 g/mol. The van der Waals surface area contributed by atoms with Crippen molar-refractivity contribution >= 4 is 45.7 Å². The summed E-state index contributed by atoms with van der Waals surface area (Å²) in [4.78, 5) is 2.64. The summed E-state index contributed by atoms with van der Waals surface area (Å²) < 4.78 is 2.79. The van der Waals surface area contributed by atoms with Crippen molar-refractivity contribution in [3.8, 4) is 33.4 Å². The molecule has 0 bridgehead atoms. The SMILES string of the molecule is Cc1cc2c3c(c1)N1c4ccccc4C4(c5ccccc5-c5ccccc54)c4cccc(c41)B3n1c3c(c4cccc-2c41)-c1ccccc1C3(C)C. The van der Waals surface area contributed by atoms with Crippen molar-refractivity contribution in [3.63, 3.8) is 0 Å². The maximum atomic E-state index is 2.79. The molecule has 0 radical (unpaired) electrons. The molecule has 242 valence electrons. The van der Waals surface area contributed by atoms with E-state index < -0.39 is 5.41 Å². The number of hydrogen-bond acceptors (Lipinski definition) is 1. The fourth-order valence-electron chi connectivity index (χ4n) is 11.6. The molecule has 5 aliphatic rings. The Bertz CT molecular complexity index is 2930. The van der Waals surface area contributed by atoms with Crippen molar-refractivity contribution in [2.24, 2.45) is 0 Å². The Morgan fingerprint density at radius 2 is 1.13 bits per heavy atom. The number of hydrogen-bond donors (Lipinski definition) is 0. The van der Waals surface area contributed by atoms with Gasteiger partial charge in [-0.25, -0.2) is 0 Å². The second-order valence-electron chi connectivity index (χ2n) is 16.1. The van der Waals surface area contributed by atoms with E-state index in [1.165, 1.54) is 111 Å². The van der Waals surface area contributed by atoms with Gasteiger partial charge in [0.05, 0.1) is 11.1 Å². The Morgan fingerprint density at radius 3 is 1.90 bits per heavy atom. The van der Waals surface area contributed by atoms with Crippen LogP contribution in [0.3, 0.4) is 0 Å². The summed E-state index contributed by atoms with van der Waals surface area (Å²) in [6.45, 7) is 7.19. The second kappa shape index (κ2) is 8.87. The molecule has 1 aromatic heterocycles. The first kappa shape index (κ1) is 27.6. The third kappa shape index (κ3) is 2.81. The third-order valence-corrected chi connectivity index (χ3v) is 13.3. The second-order valence-corrected chi connectivity index (χ2v) is 16.1. The fourth-order valence-corrected chi connectivity index (χ4v) is 11.6. The molecule has 0 saturated heterocycles. The van der Waals surface area contributed by atoms with Crippen LogP contribution in [0.2, 0.25) is 0 Å². The molecular formula is C49H33BN2. The summed E-state index contributed by atoms with van der Waals surface area (Å²) in [6.07, 6.45) is 0.